The van der Waals surface area contributed by atoms with Gasteiger partial charge in [-0.1, -0.05) is 30.7 Å². The minimum Gasteiger partial charge on any atom is -0.355 e. The molecule has 2 saturated heterocycles. The number of halogens is 1. The first-order chi connectivity index (χ1) is 16.4. The number of hydrogen-bond donors (Lipinski definition) is 2. The number of nitrogens with one attached hydrogen (secondary N) is 2. The highest BCUT2D eigenvalue weighted by atomic mass is 19.1. The molecule has 2 heterocycles. The number of benzene rings is 2. The largest absolute Gasteiger partial charge is 0.355 e. The van der Waals surface area contributed by atoms with Gasteiger partial charge in [0.15, 0.2) is 0 Å². The normalized spacial score (nSPS) is 23.4. The van der Waals surface area contributed by atoms with E-state index in [1.54, 1.807) is 0 Å². The van der Waals surface area contributed by atoms with E-state index in [0.717, 1.165) is 38.0 Å². The fourth-order valence-corrected chi connectivity index (χ4v) is 5.95. The van der Waals surface area contributed by atoms with Crippen LogP contribution in [0.2, 0.25) is 0 Å². The van der Waals surface area contributed by atoms with Crippen molar-refractivity contribution >= 4 is 11.8 Å². The van der Waals surface area contributed by atoms with Gasteiger partial charge in [-0.15, -0.1) is 0 Å². The lowest BCUT2D eigenvalue weighted by atomic mass is 9.68. The molecule has 0 aromatic heterocycles. The molecular formula is C28H34FN3O2. The SMILES string of the molecule is C[C@@H](CN1CCC2(CC1)C(=O)NC[C@@H]2c1ccc(F)cc1)NC(=O)c1ccc(C2CCC2)cc1. The second kappa shape index (κ2) is 9.49. The summed E-state index contributed by atoms with van der Waals surface area (Å²) in [7, 11) is 0. The standard InChI is InChI=1S/C28H34FN3O2/c1-19(31-26(33)23-7-5-21(6-8-23)20-3-2-4-20)18-32-15-13-28(14-16-32)25(17-30-27(28)34)22-9-11-24(29)12-10-22/h5-12,19-20,25H,2-4,13-18H2,1H3,(H,30,34)(H,31,33)/t19-,25+/m0/s1. The summed E-state index contributed by atoms with van der Waals surface area (Å²) in [6, 6.07) is 14.7. The van der Waals surface area contributed by atoms with Crippen molar-refractivity contribution in [1.82, 2.24) is 15.5 Å². The van der Waals surface area contributed by atoms with Crippen LogP contribution in [-0.4, -0.2) is 48.9 Å². The molecule has 6 heteroatoms. The maximum absolute atomic E-state index is 13.4. The van der Waals surface area contributed by atoms with Crippen molar-refractivity contribution < 1.29 is 14.0 Å². The van der Waals surface area contributed by atoms with E-state index in [9.17, 15) is 14.0 Å². The topological polar surface area (TPSA) is 61.4 Å². The molecule has 2 aromatic carbocycles. The minimum absolute atomic E-state index is 0.0122. The lowest BCUT2D eigenvalue weighted by Crippen LogP contribution is -2.49. The third kappa shape index (κ3) is 4.48. The van der Waals surface area contributed by atoms with Crippen LogP contribution in [0.3, 0.4) is 0 Å². The molecule has 3 aliphatic rings. The first-order valence-electron chi connectivity index (χ1n) is 12.6. The van der Waals surface area contributed by atoms with Crippen LogP contribution in [0.25, 0.3) is 0 Å². The molecule has 1 saturated carbocycles. The van der Waals surface area contributed by atoms with E-state index >= 15 is 0 Å². The highest BCUT2D eigenvalue weighted by molar-refractivity contribution is 5.94. The summed E-state index contributed by atoms with van der Waals surface area (Å²) in [5.74, 6) is 0.571. The Bertz CT molecular complexity index is 1020. The van der Waals surface area contributed by atoms with Gasteiger partial charge in [-0.05, 0) is 87.0 Å². The Balaban J connectivity index is 1.15. The van der Waals surface area contributed by atoms with E-state index in [4.69, 9.17) is 0 Å². The van der Waals surface area contributed by atoms with Crippen LogP contribution in [-0.2, 0) is 4.79 Å². The van der Waals surface area contributed by atoms with Gasteiger partial charge in [-0.2, -0.15) is 0 Å². The Morgan fingerprint density at radius 2 is 1.74 bits per heavy atom. The molecule has 2 N–H and O–H groups in total. The number of piperidine rings is 1. The Morgan fingerprint density at radius 3 is 2.35 bits per heavy atom. The minimum atomic E-state index is -0.428. The van der Waals surface area contributed by atoms with Gasteiger partial charge in [0, 0.05) is 30.6 Å². The third-order valence-corrected chi connectivity index (χ3v) is 8.27. The van der Waals surface area contributed by atoms with E-state index < -0.39 is 5.41 Å². The van der Waals surface area contributed by atoms with Gasteiger partial charge in [0.05, 0.1) is 5.41 Å². The first kappa shape index (κ1) is 23.0. The van der Waals surface area contributed by atoms with Crippen LogP contribution in [0.1, 0.15) is 72.3 Å². The van der Waals surface area contributed by atoms with E-state index in [-0.39, 0.29) is 29.6 Å². The molecule has 0 radical (unpaired) electrons. The number of amides is 2. The summed E-state index contributed by atoms with van der Waals surface area (Å²) >= 11 is 0. The van der Waals surface area contributed by atoms with Crippen molar-refractivity contribution in [3.8, 4) is 0 Å². The molecule has 0 bridgehead atoms. The maximum Gasteiger partial charge on any atom is 0.251 e. The zero-order chi connectivity index (χ0) is 23.7. The van der Waals surface area contributed by atoms with E-state index in [1.165, 1.54) is 37.0 Å². The molecule has 180 valence electrons. The van der Waals surface area contributed by atoms with Crippen LogP contribution >= 0.6 is 0 Å². The highest BCUT2D eigenvalue weighted by Crippen LogP contribution is 2.47. The van der Waals surface area contributed by atoms with Gasteiger partial charge >= 0.3 is 0 Å². The lowest BCUT2D eigenvalue weighted by Gasteiger charge is -2.41. The van der Waals surface area contributed by atoms with Crippen molar-refractivity contribution in [2.45, 2.75) is 56.9 Å². The number of hydrogen-bond acceptors (Lipinski definition) is 3. The van der Waals surface area contributed by atoms with Crippen LogP contribution in [0.15, 0.2) is 48.5 Å². The van der Waals surface area contributed by atoms with Gasteiger partial charge in [0.2, 0.25) is 5.91 Å². The van der Waals surface area contributed by atoms with Crippen LogP contribution in [0, 0.1) is 11.2 Å². The van der Waals surface area contributed by atoms with Gasteiger partial charge in [0.25, 0.3) is 5.91 Å². The summed E-state index contributed by atoms with van der Waals surface area (Å²) in [6.45, 7) is 5.01. The van der Waals surface area contributed by atoms with Gasteiger partial charge in [0.1, 0.15) is 5.82 Å². The number of carbonyl (C=O) groups excluding carboxylic acids is 2. The van der Waals surface area contributed by atoms with E-state index in [2.05, 4.69) is 27.7 Å². The fraction of sp³-hybridized carbons (Fsp3) is 0.500. The lowest BCUT2D eigenvalue weighted by molar-refractivity contribution is -0.130. The number of carbonyl (C=O) groups is 2. The molecule has 3 fully saturated rings. The van der Waals surface area contributed by atoms with Crippen LogP contribution in [0.4, 0.5) is 4.39 Å². The zero-order valence-electron chi connectivity index (χ0n) is 19.9. The smallest absolute Gasteiger partial charge is 0.251 e. The monoisotopic (exact) mass is 463 g/mol. The highest BCUT2D eigenvalue weighted by Gasteiger charge is 2.51. The van der Waals surface area contributed by atoms with Gasteiger partial charge in [-0.25, -0.2) is 4.39 Å². The molecule has 0 unspecified atom stereocenters. The Labute approximate surface area is 201 Å². The maximum atomic E-state index is 13.4. The average molecular weight is 464 g/mol. The fourth-order valence-electron chi connectivity index (χ4n) is 5.95. The number of rotatable bonds is 6. The predicted molar refractivity (Wildman–Crippen MR) is 130 cm³/mol. The summed E-state index contributed by atoms with van der Waals surface area (Å²) < 4.78 is 13.4. The second-order valence-electron chi connectivity index (χ2n) is 10.4. The van der Waals surface area contributed by atoms with Crippen LogP contribution < -0.4 is 10.6 Å². The molecule has 1 aliphatic carbocycles. The van der Waals surface area contributed by atoms with Crippen molar-refractivity contribution in [3.05, 3.63) is 71.0 Å². The van der Waals surface area contributed by atoms with E-state index in [1.807, 2.05) is 31.2 Å². The Kier molecular flexibility index (Phi) is 6.43. The molecule has 5 rings (SSSR count). The molecule has 2 atom stereocenters. The molecule has 2 amide bonds. The summed E-state index contributed by atoms with van der Waals surface area (Å²) in [4.78, 5) is 27.9. The van der Waals surface area contributed by atoms with Crippen molar-refractivity contribution in [3.63, 3.8) is 0 Å². The van der Waals surface area contributed by atoms with Crippen molar-refractivity contribution in [2.24, 2.45) is 5.41 Å². The zero-order valence-corrected chi connectivity index (χ0v) is 19.9. The quantitative estimate of drug-likeness (QED) is 0.675. The van der Waals surface area contributed by atoms with Gasteiger partial charge in [-0.3, -0.25) is 9.59 Å². The Hall–Kier alpha value is -2.73. The number of nitrogens with zero attached hydrogens (tertiary/aromatic N) is 1. The third-order valence-electron chi connectivity index (χ3n) is 8.27. The molecule has 34 heavy (non-hydrogen) atoms. The molecule has 1 spiro atoms. The predicted octanol–water partition coefficient (Wildman–Crippen LogP) is 4.21. The summed E-state index contributed by atoms with van der Waals surface area (Å²) in [6.07, 6.45) is 5.35. The van der Waals surface area contributed by atoms with E-state index in [0.29, 0.717) is 18.0 Å². The first-order valence-corrected chi connectivity index (χ1v) is 12.6. The molecule has 2 aromatic rings. The number of likely N-dealkylation sites (tertiary alicyclic amines) is 1. The molecular weight excluding hydrogens is 429 g/mol. The second-order valence-corrected chi connectivity index (χ2v) is 10.4. The molecule has 2 aliphatic heterocycles. The average Bonchev–Trinajstić information content (AvgIpc) is 3.11. The van der Waals surface area contributed by atoms with Crippen molar-refractivity contribution in [1.29, 1.82) is 0 Å². The van der Waals surface area contributed by atoms with Gasteiger partial charge < -0.3 is 15.5 Å². The van der Waals surface area contributed by atoms with Crippen LogP contribution in [0.5, 0.6) is 0 Å². The van der Waals surface area contributed by atoms with Crippen molar-refractivity contribution in [2.75, 3.05) is 26.2 Å². The molecule has 5 nitrogen and oxygen atoms in total. The Morgan fingerprint density at radius 1 is 1.09 bits per heavy atom. The summed E-state index contributed by atoms with van der Waals surface area (Å²) in [5, 5.41) is 6.19. The summed E-state index contributed by atoms with van der Waals surface area (Å²) in [5.41, 5.74) is 2.64.